The van der Waals surface area contributed by atoms with Crippen molar-refractivity contribution in [2.24, 2.45) is 0 Å². The van der Waals surface area contributed by atoms with Gasteiger partial charge < -0.3 is 15.2 Å². The minimum absolute atomic E-state index is 0.0323. The highest BCUT2D eigenvalue weighted by atomic mass is 19.4. The van der Waals surface area contributed by atoms with E-state index in [1.807, 2.05) is 9.30 Å². The Morgan fingerprint density at radius 2 is 1.95 bits per heavy atom. The van der Waals surface area contributed by atoms with Gasteiger partial charge in [-0.25, -0.2) is 9.97 Å². The SMILES string of the molecule is Nc1nccn2c([C@@H]3CC[C@H]4CCC(=O)N4C3)nc(-c3ccc(C(=O)Nc4cc(C(F)(F)F)no4)cc3)c12. The summed E-state index contributed by atoms with van der Waals surface area (Å²) in [5, 5.41) is 5.19. The Morgan fingerprint density at radius 1 is 1.16 bits per heavy atom. The van der Waals surface area contributed by atoms with Gasteiger partial charge in [-0.2, -0.15) is 13.2 Å². The third kappa shape index (κ3) is 4.13. The number of nitrogens with two attached hydrogens (primary N) is 1. The fourth-order valence-corrected chi connectivity index (χ4v) is 5.28. The zero-order valence-electron chi connectivity index (χ0n) is 19.9. The monoisotopic (exact) mass is 525 g/mol. The van der Waals surface area contributed by atoms with Gasteiger partial charge in [0.2, 0.25) is 11.8 Å². The van der Waals surface area contributed by atoms with E-state index in [1.54, 1.807) is 24.5 Å². The van der Waals surface area contributed by atoms with Crippen molar-refractivity contribution >= 4 is 29.0 Å². The molecule has 196 valence electrons. The number of nitrogens with one attached hydrogen (secondary N) is 1. The van der Waals surface area contributed by atoms with Gasteiger partial charge in [0.1, 0.15) is 22.9 Å². The van der Waals surface area contributed by atoms with Gasteiger partial charge in [-0.05, 0) is 31.4 Å². The normalized spacial score (nSPS) is 19.7. The second-order valence-electron chi connectivity index (χ2n) is 9.47. The van der Waals surface area contributed by atoms with Crippen molar-refractivity contribution in [1.82, 2.24) is 24.4 Å². The molecular weight excluding hydrogens is 503 g/mol. The van der Waals surface area contributed by atoms with Crippen molar-refractivity contribution in [2.75, 3.05) is 17.6 Å². The molecule has 2 aliphatic rings. The summed E-state index contributed by atoms with van der Waals surface area (Å²) >= 11 is 0. The molecule has 10 nitrogen and oxygen atoms in total. The number of piperidine rings is 1. The van der Waals surface area contributed by atoms with Crippen LogP contribution in [0.4, 0.5) is 24.9 Å². The summed E-state index contributed by atoms with van der Waals surface area (Å²) in [6.07, 6.45) is 2.01. The molecule has 2 atom stereocenters. The number of hydrogen-bond acceptors (Lipinski definition) is 7. The standard InChI is InChI=1S/C25H22F3N7O3/c26-25(27,28)17-11-18(38-33-17)31-24(37)14-3-1-13(2-4-14)20-21-22(29)30-9-10-34(21)23(32-20)15-5-6-16-7-8-19(36)35(16)12-15/h1-4,9-11,15-16H,5-8,12H2,(H2,29,30)(H,31,37)/t15-,16+/m1/s1. The number of benzene rings is 1. The molecule has 38 heavy (non-hydrogen) atoms. The number of nitrogen functional groups attached to an aromatic ring is 1. The Balaban J connectivity index is 1.28. The van der Waals surface area contributed by atoms with Crippen molar-refractivity contribution in [1.29, 1.82) is 0 Å². The summed E-state index contributed by atoms with van der Waals surface area (Å²) in [6.45, 7) is 0.598. The average Bonchev–Trinajstić information content (AvgIpc) is 3.62. The van der Waals surface area contributed by atoms with Crippen LogP contribution in [0.2, 0.25) is 0 Å². The third-order valence-corrected chi connectivity index (χ3v) is 7.15. The van der Waals surface area contributed by atoms with Crippen LogP contribution in [0.25, 0.3) is 16.8 Å². The van der Waals surface area contributed by atoms with Crippen LogP contribution in [0.3, 0.4) is 0 Å². The predicted octanol–water partition coefficient (Wildman–Crippen LogP) is 4.11. The highest BCUT2D eigenvalue weighted by molar-refractivity contribution is 6.04. The molecule has 2 aliphatic heterocycles. The Labute approximate surface area is 213 Å². The number of halogens is 3. The van der Waals surface area contributed by atoms with Crippen LogP contribution in [-0.4, -0.2) is 48.8 Å². The van der Waals surface area contributed by atoms with Crippen molar-refractivity contribution in [2.45, 2.75) is 43.8 Å². The molecule has 0 radical (unpaired) electrons. The smallest absolute Gasteiger partial charge is 0.382 e. The van der Waals surface area contributed by atoms with Crippen molar-refractivity contribution in [3.05, 3.63) is 59.8 Å². The van der Waals surface area contributed by atoms with Crippen molar-refractivity contribution < 1.29 is 27.3 Å². The van der Waals surface area contributed by atoms with E-state index in [9.17, 15) is 22.8 Å². The second-order valence-corrected chi connectivity index (χ2v) is 9.47. The number of anilines is 2. The summed E-state index contributed by atoms with van der Waals surface area (Å²) in [6, 6.07) is 7.32. The lowest BCUT2D eigenvalue weighted by Gasteiger charge is -2.34. The van der Waals surface area contributed by atoms with E-state index in [1.165, 1.54) is 12.1 Å². The molecule has 3 N–H and O–H groups in total. The number of carbonyl (C=O) groups is 2. The molecular formula is C25H22F3N7O3. The molecule has 6 rings (SSSR count). The van der Waals surface area contributed by atoms with Gasteiger partial charge in [-0.1, -0.05) is 17.3 Å². The number of alkyl halides is 3. The maximum absolute atomic E-state index is 12.7. The van der Waals surface area contributed by atoms with Crippen molar-refractivity contribution in [3.8, 4) is 11.3 Å². The maximum atomic E-state index is 12.7. The van der Waals surface area contributed by atoms with E-state index in [4.69, 9.17) is 10.7 Å². The van der Waals surface area contributed by atoms with Crippen LogP contribution in [0, 0.1) is 0 Å². The molecule has 4 aromatic rings. The minimum atomic E-state index is -4.68. The summed E-state index contributed by atoms with van der Waals surface area (Å²) in [5.74, 6) is 0.210. The van der Waals surface area contributed by atoms with Crippen LogP contribution in [-0.2, 0) is 11.0 Å². The molecule has 3 aromatic heterocycles. The first kappa shape index (κ1) is 23.9. The van der Waals surface area contributed by atoms with Crippen LogP contribution < -0.4 is 11.1 Å². The number of aromatic nitrogens is 4. The molecule has 5 heterocycles. The lowest BCUT2D eigenvalue weighted by atomic mass is 9.92. The van der Waals surface area contributed by atoms with E-state index >= 15 is 0 Å². The second kappa shape index (κ2) is 8.85. The molecule has 2 saturated heterocycles. The maximum Gasteiger partial charge on any atom is 0.436 e. The van der Waals surface area contributed by atoms with Gasteiger partial charge in [-0.3, -0.25) is 19.3 Å². The highest BCUT2D eigenvalue weighted by Gasteiger charge is 2.38. The lowest BCUT2D eigenvalue weighted by Crippen LogP contribution is -2.41. The van der Waals surface area contributed by atoms with E-state index in [2.05, 4.69) is 20.0 Å². The first-order valence-corrected chi connectivity index (χ1v) is 12.1. The topological polar surface area (TPSA) is 132 Å². The van der Waals surface area contributed by atoms with E-state index in [0.717, 1.165) is 25.1 Å². The number of imidazole rings is 1. The van der Waals surface area contributed by atoms with Gasteiger partial charge in [0.05, 0.1) is 0 Å². The molecule has 0 aliphatic carbocycles. The lowest BCUT2D eigenvalue weighted by molar-refractivity contribution is -0.142. The first-order chi connectivity index (χ1) is 18.2. The molecule has 2 amide bonds. The minimum Gasteiger partial charge on any atom is -0.382 e. The third-order valence-electron chi connectivity index (χ3n) is 7.15. The van der Waals surface area contributed by atoms with Gasteiger partial charge in [0, 0.05) is 54.5 Å². The van der Waals surface area contributed by atoms with E-state index in [0.29, 0.717) is 47.7 Å². The fraction of sp³-hybridized carbons (Fsp3) is 0.320. The molecule has 0 spiro atoms. The zero-order valence-corrected chi connectivity index (χ0v) is 19.9. The predicted molar refractivity (Wildman–Crippen MR) is 129 cm³/mol. The molecule has 1 aromatic carbocycles. The first-order valence-electron chi connectivity index (χ1n) is 12.1. The highest BCUT2D eigenvalue weighted by Crippen LogP contribution is 2.38. The zero-order chi connectivity index (χ0) is 26.6. The Kier molecular flexibility index (Phi) is 5.58. The van der Waals surface area contributed by atoms with Gasteiger partial charge in [0.15, 0.2) is 5.69 Å². The summed E-state index contributed by atoms with van der Waals surface area (Å²) in [5.41, 5.74) is 7.08. The molecule has 0 saturated carbocycles. The molecule has 0 unspecified atom stereocenters. The Morgan fingerprint density at radius 3 is 2.68 bits per heavy atom. The Hall–Kier alpha value is -4.42. The van der Waals surface area contributed by atoms with Crippen LogP contribution in [0.15, 0.2) is 47.2 Å². The van der Waals surface area contributed by atoms with Gasteiger partial charge in [-0.15, -0.1) is 0 Å². The summed E-state index contributed by atoms with van der Waals surface area (Å²) < 4.78 is 44.7. The number of nitrogens with zero attached hydrogens (tertiary/aromatic N) is 5. The van der Waals surface area contributed by atoms with Crippen molar-refractivity contribution in [3.63, 3.8) is 0 Å². The quantitative estimate of drug-likeness (QED) is 0.410. The molecule has 2 fully saturated rings. The van der Waals surface area contributed by atoms with Gasteiger partial charge in [0.25, 0.3) is 5.91 Å². The fourth-order valence-electron chi connectivity index (χ4n) is 5.28. The van der Waals surface area contributed by atoms with E-state index < -0.39 is 23.7 Å². The van der Waals surface area contributed by atoms with Crippen LogP contribution in [0.5, 0.6) is 0 Å². The summed E-state index contributed by atoms with van der Waals surface area (Å²) in [7, 11) is 0. The number of amides is 2. The molecule has 13 heteroatoms. The average molecular weight is 525 g/mol. The van der Waals surface area contributed by atoms with Crippen LogP contribution in [0.1, 0.15) is 53.5 Å². The number of rotatable bonds is 4. The van der Waals surface area contributed by atoms with Gasteiger partial charge >= 0.3 is 6.18 Å². The number of carbonyl (C=O) groups excluding carboxylic acids is 2. The largest absolute Gasteiger partial charge is 0.436 e. The van der Waals surface area contributed by atoms with Crippen LogP contribution >= 0.6 is 0 Å². The summed E-state index contributed by atoms with van der Waals surface area (Å²) in [4.78, 5) is 36.0. The number of fused-ring (bicyclic) bond motifs is 2. The van der Waals surface area contributed by atoms with E-state index in [-0.39, 0.29) is 17.4 Å². The molecule has 0 bridgehead atoms. The number of hydrogen-bond donors (Lipinski definition) is 2. The Bertz CT molecular complexity index is 1540.